The highest BCUT2D eigenvalue weighted by molar-refractivity contribution is 5.85. The molecule has 0 bridgehead atoms. The Balaban J connectivity index is 1.42. The van der Waals surface area contributed by atoms with Gasteiger partial charge in [-0.3, -0.25) is 15.4 Å². The fourth-order valence-electron chi connectivity index (χ4n) is 2.87. The second-order valence-corrected chi connectivity index (χ2v) is 7.90. The predicted molar refractivity (Wildman–Crippen MR) is 136 cm³/mol. The highest BCUT2D eigenvalue weighted by atomic mass is 16.6. The molecule has 11 heteroatoms. The number of rotatable bonds is 14. The molecule has 37 heavy (non-hydrogen) atoms. The number of alkyl carbamates (subject to hydrolysis) is 1. The van der Waals surface area contributed by atoms with Gasteiger partial charge in [-0.2, -0.15) is 0 Å². The lowest BCUT2D eigenvalue weighted by Crippen LogP contribution is -2.33. The summed E-state index contributed by atoms with van der Waals surface area (Å²) in [6.45, 7) is 2.14. The molecule has 0 heterocycles. The summed E-state index contributed by atoms with van der Waals surface area (Å²) in [4.78, 5) is 47.0. The van der Waals surface area contributed by atoms with Crippen LogP contribution in [0.5, 0.6) is 0 Å². The Labute approximate surface area is 215 Å². The SMILES string of the molecule is CC(CCC(=O)OCCCOC(=O)Nc1ccccc1)NC(=O)OCCCOC(=O)Nc1ccccc1. The fourth-order valence-corrected chi connectivity index (χ4v) is 2.87. The molecule has 1 atom stereocenters. The molecule has 0 aliphatic heterocycles. The van der Waals surface area contributed by atoms with Crippen LogP contribution in [0.1, 0.15) is 32.6 Å². The van der Waals surface area contributed by atoms with Gasteiger partial charge in [-0.1, -0.05) is 36.4 Å². The molecule has 3 amide bonds. The van der Waals surface area contributed by atoms with Crippen molar-refractivity contribution < 1.29 is 38.1 Å². The van der Waals surface area contributed by atoms with Crippen LogP contribution in [-0.4, -0.2) is 56.7 Å². The van der Waals surface area contributed by atoms with E-state index in [0.717, 1.165) is 0 Å². The number of nitrogens with one attached hydrogen (secondary N) is 3. The van der Waals surface area contributed by atoms with Crippen molar-refractivity contribution in [2.24, 2.45) is 0 Å². The summed E-state index contributed by atoms with van der Waals surface area (Å²) in [6, 6.07) is 17.5. The first-order valence-electron chi connectivity index (χ1n) is 12.0. The highest BCUT2D eigenvalue weighted by Gasteiger charge is 2.12. The number of hydrogen-bond donors (Lipinski definition) is 3. The second-order valence-electron chi connectivity index (χ2n) is 7.90. The van der Waals surface area contributed by atoms with Crippen LogP contribution in [0.4, 0.5) is 25.8 Å². The monoisotopic (exact) mass is 515 g/mol. The molecule has 0 spiro atoms. The second kappa shape index (κ2) is 17.2. The van der Waals surface area contributed by atoms with Gasteiger partial charge < -0.3 is 24.3 Å². The van der Waals surface area contributed by atoms with Gasteiger partial charge in [0.2, 0.25) is 0 Å². The van der Waals surface area contributed by atoms with Crippen LogP contribution in [0.25, 0.3) is 0 Å². The normalized spacial score (nSPS) is 10.9. The van der Waals surface area contributed by atoms with E-state index in [9.17, 15) is 19.2 Å². The minimum absolute atomic E-state index is 0.0741. The zero-order valence-corrected chi connectivity index (χ0v) is 20.8. The molecule has 0 saturated heterocycles. The van der Waals surface area contributed by atoms with Crippen molar-refractivity contribution in [1.29, 1.82) is 0 Å². The van der Waals surface area contributed by atoms with E-state index in [1.54, 1.807) is 55.5 Å². The summed E-state index contributed by atoms with van der Waals surface area (Å²) in [5.74, 6) is -0.415. The third-order valence-electron chi connectivity index (χ3n) is 4.73. The van der Waals surface area contributed by atoms with Crippen LogP contribution >= 0.6 is 0 Å². The van der Waals surface area contributed by atoms with Gasteiger partial charge in [0.25, 0.3) is 0 Å². The molecule has 2 aromatic carbocycles. The first-order valence-corrected chi connectivity index (χ1v) is 12.0. The Bertz CT molecular complexity index is 972. The Morgan fingerprint density at radius 1 is 0.649 bits per heavy atom. The lowest BCUT2D eigenvalue weighted by atomic mass is 10.2. The van der Waals surface area contributed by atoms with Crippen LogP contribution in [0, 0.1) is 0 Å². The summed E-state index contributed by atoms with van der Waals surface area (Å²) in [5.41, 5.74) is 1.25. The van der Waals surface area contributed by atoms with E-state index in [0.29, 0.717) is 30.6 Å². The van der Waals surface area contributed by atoms with Gasteiger partial charge in [-0.15, -0.1) is 0 Å². The Morgan fingerprint density at radius 2 is 1.08 bits per heavy atom. The van der Waals surface area contributed by atoms with E-state index in [4.69, 9.17) is 18.9 Å². The zero-order chi connectivity index (χ0) is 26.7. The van der Waals surface area contributed by atoms with E-state index in [2.05, 4.69) is 16.0 Å². The Kier molecular flexibility index (Phi) is 13.5. The summed E-state index contributed by atoms with van der Waals surface area (Å²) in [7, 11) is 0. The average Bonchev–Trinajstić information content (AvgIpc) is 2.88. The quantitative estimate of drug-likeness (QED) is 0.187. The topological polar surface area (TPSA) is 141 Å². The molecule has 2 aromatic rings. The number of carbonyl (C=O) groups excluding carboxylic acids is 4. The van der Waals surface area contributed by atoms with Crippen molar-refractivity contribution in [2.75, 3.05) is 37.1 Å². The largest absolute Gasteiger partial charge is 0.466 e. The third-order valence-corrected chi connectivity index (χ3v) is 4.73. The van der Waals surface area contributed by atoms with Crippen LogP contribution in [0.15, 0.2) is 60.7 Å². The van der Waals surface area contributed by atoms with Gasteiger partial charge in [0.05, 0.1) is 26.4 Å². The first-order chi connectivity index (χ1) is 17.9. The van der Waals surface area contributed by atoms with E-state index in [-0.39, 0.29) is 38.9 Å². The van der Waals surface area contributed by atoms with Crippen molar-refractivity contribution in [1.82, 2.24) is 5.32 Å². The van der Waals surface area contributed by atoms with E-state index in [1.807, 2.05) is 12.1 Å². The summed E-state index contributed by atoms with van der Waals surface area (Å²) in [5, 5.41) is 7.79. The summed E-state index contributed by atoms with van der Waals surface area (Å²) >= 11 is 0. The molecular weight excluding hydrogens is 482 g/mol. The number of amides is 3. The minimum atomic E-state index is -0.625. The van der Waals surface area contributed by atoms with E-state index >= 15 is 0 Å². The maximum atomic E-state index is 11.9. The van der Waals surface area contributed by atoms with Crippen molar-refractivity contribution in [3.05, 3.63) is 60.7 Å². The number of carbonyl (C=O) groups is 4. The zero-order valence-electron chi connectivity index (χ0n) is 20.8. The van der Waals surface area contributed by atoms with E-state index < -0.39 is 24.2 Å². The molecule has 2 rings (SSSR count). The maximum Gasteiger partial charge on any atom is 0.411 e. The lowest BCUT2D eigenvalue weighted by Gasteiger charge is -2.14. The molecule has 200 valence electrons. The average molecular weight is 516 g/mol. The maximum absolute atomic E-state index is 11.9. The van der Waals surface area contributed by atoms with Crippen molar-refractivity contribution in [2.45, 2.75) is 38.6 Å². The predicted octanol–water partition coefficient (Wildman–Crippen LogP) is 4.70. The molecule has 3 N–H and O–H groups in total. The summed E-state index contributed by atoms with van der Waals surface area (Å²) < 4.78 is 20.2. The molecule has 0 fully saturated rings. The Morgan fingerprint density at radius 3 is 1.57 bits per heavy atom. The van der Waals surface area contributed by atoms with E-state index in [1.165, 1.54) is 0 Å². The standard InChI is InChI=1S/C26H33N3O8/c1-20(27-24(31)35-18-9-19-37-26(33)29-22-12-6-3-7-13-22)14-15-23(30)34-16-8-17-36-25(32)28-21-10-4-2-5-11-21/h2-7,10-13,20H,8-9,14-19H2,1H3,(H,27,31)(H,28,32)(H,29,33). The molecular formula is C26H33N3O8. The van der Waals surface area contributed by atoms with Gasteiger partial charge in [-0.05, 0) is 37.6 Å². The molecule has 0 aliphatic carbocycles. The number of anilines is 2. The lowest BCUT2D eigenvalue weighted by molar-refractivity contribution is -0.144. The molecule has 0 radical (unpaired) electrons. The van der Waals surface area contributed by atoms with Crippen molar-refractivity contribution in [3.63, 3.8) is 0 Å². The van der Waals surface area contributed by atoms with Gasteiger partial charge in [0.1, 0.15) is 0 Å². The molecule has 11 nitrogen and oxygen atoms in total. The number of benzene rings is 2. The van der Waals surface area contributed by atoms with Gasteiger partial charge in [0.15, 0.2) is 0 Å². The van der Waals surface area contributed by atoms with Gasteiger partial charge >= 0.3 is 24.2 Å². The van der Waals surface area contributed by atoms with Crippen LogP contribution < -0.4 is 16.0 Å². The number of hydrogen-bond acceptors (Lipinski definition) is 8. The Hall–Kier alpha value is -4.28. The molecule has 1 unspecified atom stereocenters. The number of esters is 1. The molecule has 0 saturated carbocycles. The highest BCUT2D eigenvalue weighted by Crippen LogP contribution is 2.06. The number of para-hydroxylation sites is 2. The van der Waals surface area contributed by atoms with Crippen molar-refractivity contribution in [3.8, 4) is 0 Å². The number of ether oxygens (including phenoxy) is 4. The first kappa shape index (κ1) is 29.0. The summed E-state index contributed by atoms with van der Waals surface area (Å²) in [6.07, 6.45) is -0.601. The smallest absolute Gasteiger partial charge is 0.411 e. The van der Waals surface area contributed by atoms with Crippen molar-refractivity contribution >= 4 is 35.6 Å². The van der Waals surface area contributed by atoms with Gasteiger partial charge in [-0.25, -0.2) is 14.4 Å². The van der Waals surface area contributed by atoms with Crippen LogP contribution in [0.3, 0.4) is 0 Å². The fraction of sp³-hybridized carbons (Fsp3) is 0.385. The molecule has 0 aliphatic rings. The van der Waals surface area contributed by atoms with Gasteiger partial charge in [0, 0.05) is 36.7 Å². The third kappa shape index (κ3) is 14.0. The minimum Gasteiger partial charge on any atom is -0.466 e. The van der Waals surface area contributed by atoms with Crippen LogP contribution in [-0.2, 0) is 23.7 Å². The molecule has 0 aromatic heterocycles. The van der Waals surface area contributed by atoms with Crippen LogP contribution in [0.2, 0.25) is 0 Å².